The Labute approximate surface area is 120 Å². The lowest BCUT2D eigenvalue weighted by molar-refractivity contribution is -0.389. The molecule has 0 fully saturated rings. The average molecular weight is 292 g/mol. The zero-order chi connectivity index (χ0) is 15.6. The summed E-state index contributed by atoms with van der Waals surface area (Å²) in [5, 5.41) is 21.3. The monoisotopic (exact) mass is 292 g/mol. The summed E-state index contributed by atoms with van der Waals surface area (Å²) >= 11 is 0. The van der Waals surface area contributed by atoms with Gasteiger partial charge in [0.25, 0.3) is 0 Å². The van der Waals surface area contributed by atoms with Crippen molar-refractivity contribution < 1.29 is 9.72 Å². The van der Waals surface area contributed by atoms with Gasteiger partial charge in [0.1, 0.15) is 0 Å². The first-order chi connectivity index (χ1) is 9.86. The van der Waals surface area contributed by atoms with Crippen LogP contribution in [0.15, 0.2) is 12.3 Å². The molecule has 112 valence electrons. The Kier molecular flexibility index (Phi) is 4.01. The summed E-state index contributed by atoms with van der Waals surface area (Å²) in [4.78, 5) is 21.9. The minimum atomic E-state index is -0.553. The Morgan fingerprint density at radius 3 is 2.67 bits per heavy atom. The molecule has 0 aliphatic rings. The van der Waals surface area contributed by atoms with Gasteiger partial charge in [-0.25, -0.2) is 0 Å². The Balaban J connectivity index is 1.95. The highest BCUT2D eigenvalue weighted by Gasteiger charge is 2.16. The number of carbonyl (C=O) groups excluding carboxylic acids is 1. The first kappa shape index (κ1) is 14.7. The van der Waals surface area contributed by atoms with E-state index >= 15 is 0 Å². The molecular weight excluding hydrogens is 276 g/mol. The zero-order valence-corrected chi connectivity index (χ0v) is 12.0. The SMILES string of the molecule is Cc1nn(C)cc1NC(=O)CCn1nc([N+](=O)[O-])cc1C. The van der Waals surface area contributed by atoms with E-state index in [9.17, 15) is 14.9 Å². The van der Waals surface area contributed by atoms with E-state index in [-0.39, 0.29) is 24.7 Å². The standard InChI is InChI=1S/C12H16N6O3/c1-8-6-11(18(20)21)15-17(8)5-4-12(19)13-10-7-16(3)14-9(10)2/h6-7H,4-5H2,1-3H3,(H,13,19). The number of hydrogen-bond donors (Lipinski definition) is 1. The van der Waals surface area contributed by atoms with Gasteiger partial charge in [0.2, 0.25) is 5.91 Å². The highest BCUT2D eigenvalue weighted by molar-refractivity contribution is 5.91. The van der Waals surface area contributed by atoms with Crippen LogP contribution in [0, 0.1) is 24.0 Å². The molecular formula is C12H16N6O3. The molecule has 0 atom stereocenters. The van der Waals surface area contributed by atoms with E-state index in [4.69, 9.17) is 0 Å². The van der Waals surface area contributed by atoms with Gasteiger partial charge >= 0.3 is 5.82 Å². The van der Waals surface area contributed by atoms with Crippen LogP contribution in [0.2, 0.25) is 0 Å². The molecule has 0 saturated carbocycles. The molecule has 1 amide bonds. The van der Waals surface area contributed by atoms with E-state index in [1.807, 2.05) is 0 Å². The maximum Gasteiger partial charge on any atom is 0.390 e. The molecule has 0 unspecified atom stereocenters. The summed E-state index contributed by atoms with van der Waals surface area (Å²) in [5.74, 6) is -0.403. The minimum absolute atomic E-state index is 0.175. The normalized spacial score (nSPS) is 10.6. The van der Waals surface area contributed by atoms with Crippen LogP contribution < -0.4 is 5.32 Å². The van der Waals surface area contributed by atoms with E-state index in [2.05, 4.69) is 15.5 Å². The van der Waals surface area contributed by atoms with Crippen LogP contribution in [0.1, 0.15) is 17.8 Å². The van der Waals surface area contributed by atoms with Crippen LogP contribution in [0.25, 0.3) is 0 Å². The molecule has 0 aromatic carbocycles. The predicted molar refractivity (Wildman–Crippen MR) is 74.8 cm³/mol. The third-order valence-corrected chi connectivity index (χ3v) is 2.99. The molecule has 9 nitrogen and oxygen atoms in total. The molecule has 2 aromatic rings. The first-order valence-electron chi connectivity index (χ1n) is 6.35. The van der Waals surface area contributed by atoms with Crippen molar-refractivity contribution in [3.63, 3.8) is 0 Å². The number of rotatable bonds is 5. The van der Waals surface area contributed by atoms with Gasteiger partial charge in [0.15, 0.2) is 0 Å². The summed E-state index contributed by atoms with van der Waals surface area (Å²) in [6, 6.07) is 1.38. The molecule has 0 aliphatic carbocycles. The van der Waals surface area contributed by atoms with E-state index in [1.54, 1.807) is 31.8 Å². The summed E-state index contributed by atoms with van der Waals surface area (Å²) in [6.07, 6.45) is 1.89. The van der Waals surface area contributed by atoms with E-state index in [0.29, 0.717) is 11.4 Å². The number of amides is 1. The van der Waals surface area contributed by atoms with Crippen LogP contribution in [0.3, 0.4) is 0 Å². The van der Waals surface area contributed by atoms with E-state index in [0.717, 1.165) is 5.69 Å². The van der Waals surface area contributed by atoms with Gasteiger partial charge in [-0.15, -0.1) is 0 Å². The average Bonchev–Trinajstić information content (AvgIpc) is 2.90. The lowest BCUT2D eigenvalue weighted by atomic mass is 10.3. The number of anilines is 1. The maximum absolute atomic E-state index is 11.9. The van der Waals surface area contributed by atoms with Gasteiger partial charge in [0.05, 0.1) is 34.8 Å². The molecule has 1 N–H and O–H groups in total. The van der Waals surface area contributed by atoms with Crippen molar-refractivity contribution in [2.24, 2.45) is 7.05 Å². The topological polar surface area (TPSA) is 108 Å². The number of nitrogens with one attached hydrogen (secondary N) is 1. The van der Waals surface area contributed by atoms with Gasteiger partial charge in [-0.1, -0.05) is 0 Å². The summed E-state index contributed by atoms with van der Waals surface area (Å²) in [6.45, 7) is 3.80. The van der Waals surface area contributed by atoms with Crippen molar-refractivity contribution in [1.82, 2.24) is 19.6 Å². The summed E-state index contributed by atoms with van der Waals surface area (Å²) in [5.41, 5.74) is 2.04. The quantitative estimate of drug-likeness (QED) is 0.657. The fourth-order valence-corrected chi connectivity index (χ4v) is 1.95. The molecule has 0 bridgehead atoms. The van der Waals surface area contributed by atoms with E-state index in [1.165, 1.54) is 10.7 Å². The lowest BCUT2D eigenvalue weighted by Crippen LogP contribution is -2.15. The highest BCUT2D eigenvalue weighted by atomic mass is 16.6. The summed E-state index contributed by atoms with van der Waals surface area (Å²) in [7, 11) is 1.77. The third kappa shape index (κ3) is 3.44. The van der Waals surface area contributed by atoms with Crippen LogP contribution in [-0.4, -0.2) is 30.4 Å². The maximum atomic E-state index is 11.9. The molecule has 9 heteroatoms. The van der Waals surface area contributed by atoms with Crippen molar-refractivity contribution in [1.29, 1.82) is 0 Å². The number of hydrogen-bond acceptors (Lipinski definition) is 5. The van der Waals surface area contributed by atoms with Crippen molar-refractivity contribution in [2.75, 3.05) is 5.32 Å². The second-order valence-electron chi connectivity index (χ2n) is 4.72. The predicted octanol–water partition coefficient (Wildman–Crippen LogP) is 1.17. The number of nitrogens with zero attached hydrogens (tertiary/aromatic N) is 5. The Hall–Kier alpha value is -2.71. The van der Waals surface area contributed by atoms with Crippen molar-refractivity contribution in [3.8, 4) is 0 Å². The van der Waals surface area contributed by atoms with Crippen molar-refractivity contribution in [2.45, 2.75) is 26.8 Å². The number of nitro groups is 1. The molecule has 0 radical (unpaired) electrons. The largest absolute Gasteiger partial charge is 0.390 e. The Morgan fingerprint density at radius 1 is 1.43 bits per heavy atom. The third-order valence-electron chi connectivity index (χ3n) is 2.99. The van der Waals surface area contributed by atoms with Gasteiger partial charge in [0, 0.05) is 19.7 Å². The van der Waals surface area contributed by atoms with Crippen LogP contribution >= 0.6 is 0 Å². The van der Waals surface area contributed by atoms with Gasteiger partial charge in [-0.2, -0.15) is 9.78 Å². The fourth-order valence-electron chi connectivity index (χ4n) is 1.95. The molecule has 0 aliphatic heterocycles. The smallest absolute Gasteiger partial charge is 0.358 e. The number of aromatic nitrogens is 4. The van der Waals surface area contributed by atoms with Crippen LogP contribution in [-0.2, 0) is 18.4 Å². The van der Waals surface area contributed by atoms with Crippen LogP contribution in [0.5, 0.6) is 0 Å². The first-order valence-corrected chi connectivity index (χ1v) is 6.35. The number of aryl methyl sites for hydroxylation is 4. The van der Waals surface area contributed by atoms with E-state index < -0.39 is 4.92 Å². The Bertz CT molecular complexity index is 687. The second-order valence-corrected chi connectivity index (χ2v) is 4.72. The fraction of sp³-hybridized carbons (Fsp3) is 0.417. The lowest BCUT2D eigenvalue weighted by Gasteiger charge is -2.03. The Morgan fingerprint density at radius 2 is 2.14 bits per heavy atom. The number of carbonyl (C=O) groups is 1. The summed E-state index contributed by atoms with van der Waals surface area (Å²) < 4.78 is 3.07. The van der Waals surface area contributed by atoms with Gasteiger partial charge in [-0.3, -0.25) is 9.48 Å². The molecule has 2 heterocycles. The zero-order valence-electron chi connectivity index (χ0n) is 12.0. The highest BCUT2D eigenvalue weighted by Crippen LogP contribution is 2.13. The molecule has 2 aromatic heterocycles. The minimum Gasteiger partial charge on any atom is -0.358 e. The van der Waals surface area contributed by atoms with Crippen molar-refractivity contribution >= 4 is 17.4 Å². The van der Waals surface area contributed by atoms with Crippen LogP contribution in [0.4, 0.5) is 11.5 Å². The molecule has 21 heavy (non-hydrogen) atoms. The molecule has 2 rings (SSSR count). The van der Waals surface area contributed by atoms with Crippen molar-refractivity contribution in [3.05, 3.63) is 33.8 Å². The second kappa shape index (κ2) is 5.73. The molecule has 0 saturated heterocycles. The molecule has 0 spiro atoms. The van der Waals surface area contributed by atoms with Gasteiger partial charge < -0.3 is 15.4 Å². The van der Waals surface area contributed by atoms with Gasteiger partial charge in [-0.05, 0) is 18.8 Å².